The van der Waals surface area contributed by atoms with E-state index in [1.165, 1.54) is 18.2 Å². The predicted octanol–water partition coefficient (Wildman–Crippen LogP) is 6.59. The number of amides is 1. The Labute approximate surface area is 191 Å². The fraction of sp³-hybridized carbons (Fsp3) is 0.0833. The molecule has 0 heterocycles. The van der Waals surface area contributed by atoms with Crippen molar-refractivity contribution in [1.82, 2.24) is 0 Å². The molecular formula is C24H16BrF3N2O2. The molecule has 0 saturated heterocycles. The fourth-order valence-corrected chi connectivity index (χ4v) is 2.96. The molecule has 8 heteroatoms. The third-order valence-electron chi connectivity index (χ3n) is 4.32. The highest BCUT2D eigenvalue weighted by Crippen LogP contribution is 2.30. The minimum atomic E-state index is -4.53. The molecule has 0 fully saturated rings. The van der Waals surface area contributed by atoms with E-state index in [0.717, 1.165) is 22.2 Å². The lowest BCUT2D eigenvalue weighted by atomic mass is 10.1. The summed E-state index contributed by atoms with van der Waals surface area (Å²) in [6.45, 7) is 0.380. The molecule has 4 nitrogen and oxygen atoms in total. The molecule has 0 bridgehead atoms. The number of alkyl halides is 3. The minimum Gasteiger partial charge on any atom is -0.489 e. The van der Waals surface area contributed by atoms with Gasteiger partial charge in [0.15, 0.2) is 0 Å². The number of nitriles is 1. The van der Waals surface area contributed by atoms with Crippen molar-refractivity contribution >= 4 is 33.6 Å². The molecule has 32 heavy (non-hydrogen) atoms. The van der Waals surface area contributed by atoms with Crippen LogP contribution >= 0.6 is 15.9 Å². The van der Waals surface area contributed by atoms with Crippen LogP contribution < -0.4 is 10.1 Å². The van der Waals surface area contributed by atoms with Crippen molar-refractivity contribution < 1.29 is 22.7 Å². The van der Waals surface area contributed by atoms with Gasteiger partial charge in [0.25, 0.3) is 5.91 Å². The van der Waals surface area contributed by atoms with Crippen molar-refractivity contribution in [1.29, 1.82) is 5.26 Å². The van der Waals surface area contributed by atoms with Gasteiger partial charge in [-0.05, 0) is 59.7 Å². The molecule has 0 saturated carbocycles. The highest BCUT2D eigenvalue weighted by atomic mass is 79.9. The van der Waals surface area contributed by atoms with Gasteiger partial charge in [0, 0.05) is 10.2 Å². The van der Waals surface area contributed by atoms with Crippen molar-refractivity contribution in [2.45, 2.75) is 12.8 Å². The topological polar surface area (TPSA) is 62.1 Å². The predicted molar refractivity (Wildman–Crippen MR) is 119 cm³/mol. The van der Waals surface area contributed by atoms with Gasteiger partial charge in [-0.25, -0.2) is 0 Å². The molecule has 0 aliphatic heterocycles. The SMILES string of the molecule is N#CC(=Cc1ccc(OCc2ccc(Br)cc2)cc1)C(=O)Nc1cccc(C(F)(F)F)c1. The van der Waals surface area contributed by atoms with Gasteiger partial charge in [-0.1, -0.05) is 46.3 Å². The molecule has 0 aromatic heterocycles. The zero-order chi connectivity index (χ0) is 23.1. The minimum absolute atomic E-state index is 0.0531. The maximum absolute atomic E-state index is 12.8. The lowest BCUT2D eigenvalue weighted by molar-refractivity contribution is -0.137. The van der Waals surface area contributed by atoms with E-state index in [0.29, 0.717) is 17.9 Å². The van der Waals surface area contributed by atoms with E-state index in [9.17, 15) is 23.2 Å². The highest BCUT2D eigenvalue weighted by molar-refractivity contribution is 9.10. The first-order chi connectivity index (χ1) is 15.2. The fourth-order valence-electron chi connectivity index (χ4n) is 2.69. The lowest BCUT2D eigenvalue weighted by Crippen LogP contribution is -2.14. The Kier molecular flexibility index (Phi) is 7.33. The Bertz CT molecular complexity index is 1170. The number of benzene rings is 3. The number of carbonyl (C=O) groups is 1. The van der Waals surface area contributed by atoms with Gasteiger partial charge in [-0.3, -0.25) is 4.79 Å². The third kappa shape index (κ3) is 6.46. The first-order valence-corrected chi connectivity index (χ1v) is 10.1. The second-order valence-electron chi connectivity index (χ2n) is 6.69. The molecule has 0 aliphatic carbocycles. The van der Waals surface area contributed by atoms with Gasteiger partial charge < -0.3 is 10.1 Å². The number of rotatable bonds is 6. The lowest BCUT2D eigenvalue weighted by Gasteiger charge is -2.09. The molecule has 0 radical (unpaired) electrons. The quantitative estimate of drug-likeness (QED) is 0.306. The summed E-state index contributed by atoms with van der Waals surface area (Å²) < 4.78 is 45.2. The number of nitrogens with zero attached hydrogens (tertiary/aromatic N) is 1. The summed E-state index contributed by atoms with van der Waals surface area (Å²) in [6, 6.07) is 20.4. The number of halogens is 4. The van der Waals surface area contributed by atoms with E-state index in [1.54, 1.807) is 30.3 Å². The third-order valence-corrected chi connectivity index (χ3v) is 4.85. The highest BCUT2D eigenvalue weighted by Gasteiger charge is 2.30. The average molecular weight is 501 g/mol. The number of hydrogen-bond donors (Lipinski definition) is 1. The van der Waals surface area contributed by atoms with Crippen LogP contribution in [-0.4, -0.2) is 5.91 Å². The summed E-state index contributed by atoms with van der Waals surface area (Å²) in [5.41, 5.74) is 0.372. The second-order valence-corrected chi connectivity index (χ2v) is 7.60. The van der Waals surface area contributed by atoms with Crippen LogP contribution in [0.25, 0.3) is 6.08 Å². The Balaban J connectivity index is 1.66. The van der Waals surface area contributed by atoms with Crippen LogP contribution in [0.4, 0.5) is 18.9 Å². The van der Waals surface area contributed by atoms with Gasteiger partial charge in [0.2, 0.25) is 0 Å². The first kappa shape index (κ1) is 23.1. The standard InChI is InChI=1S/C24H16BrF3N2O2/c25-20-8-4-17(5-9-20)15-32-22-10-6-16(7-11-22)12-18(14-29)23(31)30-21-3-1-2-19(13-21)24(26,27)28/h1-13H,15H2,(H,30,31). The molecule has 3 rings (SSSR count). The summed E-state index contributed by atoms with van der Waals surface area (Å²) in [5, 5.41) is 11.6. The summed E-state index contributed by atoms with van der Waals surface area (Å²) >= 11 is 3.37. The van der Waals surface area contributed by atoms with E-state index in [-0.39, 0.29) is 11.3 Å². The van der Waals surface area contributed by atoms with E-state index >= 15 is 0 Å². The number of anilines is 1. The molecule has 0 unspecified atom stereocenters. The molecule has 3 aromatic carbocycles. The van der Waals surface area contributed by atoms with Crippen LogP contribution in [0, 0.1) is 11.3 Å². The van der Waals surface area contributed by atoms with Crippen molar-refractivity contribution in [3.8, 4) is 11.8 Å². The Morgan fingerprint density at radius 3 is 2.38 bits per heavy atom. The summed E-state index contributed by atoms with van der Waals surface area (Å²) in [6.07, 6.45) is -3.18. The van der Waals surface area contributed by atoms with Crippen molar-refractivity contribution in [3.63, 3.8) is 0 Å². The zero-order valence-electron chi connectivity index (χ0n) is 16.5. The molecule has 162 valence electrons. The summed E-state index contributed by atoms with van der Waals surface area (Å²) in [5.74, 6) is -0.195. The number of ether oxygens (including phenoxy) is 1. The van der Waals surface area contributed by atoms with Crippen LogP contribution in [0.15, 0.2) is 82.8 Å². The normalized spacial score (nSPS) is 11.5. The van der Waals surface area contributed by atoms with Gasteiger partial charge in [-0.15, -0.1) is 0 Å². The van der Waals surface area contributed by atoms with Crippen molar-refractivity contribution in [3.05, 3.63) is 99.5 Å². The maximum Gasteiger partial charge on any atom is 0.416 e. The molecule has 3 aromatic rings. The smallest absolute Gasteiger partial charge is 0.416 e. The largest absolute Gasteiger partial charge is 0.489 e. The molecule has 1 amide bonds. The summed E-state index contributed by atoms with van der Waals surface area (Å²) in [4.78, 5) is 12.3. The van der Waals surface area contributed by atoms with Gasteiger partial charge in [0.05, 0.1) is 5.56 Å². The molecule has 0 aliphatic rings. The number of hydrogen-bond acceptors (Lipinski definition) is 3. The maximum atomic E-state index is 12.8. The van der Waals surface area contributed by atoms with Gasteiger partial charge in [0.1, 0.15) is 24.0 Å². The monoisotopic (exact) mass is 500 g/mol. The molecule has 0 spiro atoms. The van der Waals surface area contributed by atoms with Crippen LogP contribution in [0.2, 0.25) is 0 Å². The van der Waals surface area contributed by atoms with Gasteiger partial charge in [-0.2, -0.15) is 18.4 Å². The van der Waals surface area contributed by atoms with E-state index < -0.39 is 17.6 Å². The van der Waals surface area contributed by atoms with Crippen LogP contribution in [0.1, 0.15) is 16.7 Å². The Morgan fingerprint density at radius 1 is 1.06 bits per heavy atom. The molecular weight excluding hydrogens is 485 g/mol. The van der Waals surface area contributed by atoms with Crippen LogP contribution in [0.3, 0.4) is 0 Å². The first-order valence-electron chi connectivity index (χ1n) is 9.32. The number of nitrogens with one attached hydrogen (secondary N) is 1. The second kappa shape index (κ2) is 10.2. The number of carbonyl (C=O) groups excluding carboxylic acids is 1. The van der Waals surface area contributed by atoms with Crippen molar-refractivity contribution in [2.75, 3.05) is 5.32 Å². The van der Waals surface area contributed by atoms with E-state index in [4.69, 9.17) is 4.74 Å². The van der Waals surface area contributed by atoms with Crippen LogP contribution in [0.5, 0.6) is 5.75 Å². The van der Waals surface area contributed by atoms with Gasteiger partial charge >= 0.3 is 6.18 Å². The van der Waals surface area contributed by atoms with E-state index in [1.807, 2.05) is 24.3 Å². The average Bonchev–Trinajstić information content (AvgIpc) is 2.77. The Morgan fingerprint density at radius 2 is 1.75 bits per heavy atom. The van der Waals surface area contributed by atoms with Crippen molar-refractivity contribution in [2.24, 2.45) is 0 Å². The zero-order valence-corrected chi connectivity index (χ0v) is 18.1. The van der Waals surface area contributed by atoms with E-state index in [2.05, 4.69) is 21.2 Å². The van der Waals surface area contributed by atoms with Crippen LogP contribution in [-0.2, 0) is 17.6 Å². The summed E-state index contributed by atoms with van der Waals surface area (Å²) in [7, 11) is 0. The Hall–Kier alpha value is -3.57. The molecule has 0 atom stereocenters. The molecule has 1 N–H and O–H groups in total.